The number of anilines is 1. The van der Waals surface area contributed by atoms with E-state index < -0.39 is 0 Å². The van der Waals surface area contributed by atoms with Gasteiger partial charge >= 0.3 is 6.03 Å². The first-order valence-electron chi connectivity index (χ1n) is 7.64. The molecular weight excluding hydrogens is 356 g/mol. The molecule has 0 aliphatic carbocycles. The van der Waals surface area contributed by atoms with Gasteiger partial charge < -0.3 is 4.90 Å². The molecular formula is C17H21BrN4O. The van der Waals surface area contributed by atoms with Crippen molar-refractivity contribution >= 4 is 27.6 Å². The molecule has 3 rings (SSSR count). The van der Waals surface area contributed by atoms with Gasteiger partial charge in [-0.1, -0.05) is 12.1 Å². The molecule has 0 bridgehead atoms. The fourth-order valence-corrected chi connectivity index (χ4v) is 3.52. The van der Waals surface area contributed by atoms with Crippen molar-refractivity contribution in [2.45, 2.75) is 33.4 Å². The highest BCUT2D eigenvalue weighted by Gasteiger charge is 2.34. The highest BCUT2D eigenvalue weighted by atomic mass is 79.9. The van der Waals surface area contributed by atoms with E-state index in [1.54, 1.807) is 4.90 Å². The molecule has 122 valence electrons. The lowest BCUT2D eigenvalue weighted by atomic mass is 9.99. The number of amides is 2. The molecule has 2 aromatic rings. The Balaban J connectivity index is 2.09. The second-order valence-electron chi connectivity index (χ2n) is 6.19. The summed E-state index contributed by atoms with van der Waals surface area (Å²) < 4.78 is 2.79. The second kappa shape index (κ2) is 5.67. The zero-order valence-electron chi connectivity index (χ0n) is 14.1. The van der Waals surface area contributed by atoms with Gasteiger partial charge in [0.25, 0.3) is 0 Å². The van der Waals surface area contributed by atoms with Crippen LogP contribution in [-0.4, -0.2) is 27.8 Å². The lowest BCUT2D eigenvalue weighted by Crippen LogP contribution is -2.46. The van der Waals surface area contributed by atoms with Crippen molar-refractivity contribution in [2.24, 2.45) is 7.05 Å². The maximum atomic E-state index is 12.9. The molecule has 0 saturated carbocycles. The van der Waals surface area contributed by atoms with Crippen LogP contribution in [0, 0.1) is 13.8 Å². The molecule has 1 aliphatic rings. The fraction of sp³-hybridized carbons (Fsp3) is 0.412. The third-order valence-corrected chi connectivity index (χ3v) is 5.64. The van der Waals surface area contributed by atoms with E-state index in [-0.39, 0.29) is 12.1 Å². The zero-order valence-corrected chi connectivity index (χ0v) is 15.7. The number of rotatable bonds is 2. The third kappa shape index (κ3) is 2.55. The number of carbonyl (C=O) groups excluding carboxylic acids is 1. The van der Waals surface area contributed by atoms with Gasteiger partial charge in [0.15, 0.2) is 0 Å². The van der Waals surface area contributed by atoms with E-state index >= 15 is 0 Å². The van der Waals surface area contributed by atoms with E-state index in [2.05, 4.69) is 53.1 Å². The van der Waals surface area contributed by atoms with Crippen molar-refractivity contribution in [3.63, 3.8) is 0 Å². The van der Waals surface area contributed by atoms with Gasteiger partial charge in [-0.2, -0.15) is 5.10 Å². The lowest BCUT2D eigenvalue weighted by molar-refractivity contribution is 0.196. The van der Waals surface area contributed by atoms with Crippen molar-refractivity contribution in [1.82, 2.24) is 14.7 Å². The van der Waals surface area contributed by atoms with Crippen LogP contribution in [0.25, 0.3) is 0 Å². The average molecular weight is 377 g/mol. The topological polar surface area (TPSA) is 41.4 Å². The Morgan fingerprint density at radius 1 is 1.26 bits per heavy atom. The number of aryl methyl sites for hydroxylation is 3. The summed E-state index contributed by atoms with van der Waals surface area (Å²) in [7, 11) is 3.76. The average Bonchev–Trinajstić information content (AvgIpc) is 2.75. The first-order chi connectivity index (χ1) is 10.8. The maximum Gasteiger partial charge on any atom is 0.325 e. The number of aromatic nitrogens is 2. The van der Waals surface area contributed by atoms with Crippen molar-refractivity contribution in [1.29, 1.82) is 0 Å². The molecule has 0 fully saturated rings. The summed E-state index contributed by atoms with van der Waals surface area (Å²) in [6.45, 7) is 6.56. The van der Waals surface area contributed by atoms with Gasteiger partial charge in [0.1, 0.15) is 0 Å². The van der Waals surface area contributed by atoms with E-state index in [0.717, 1.165) is 27.1 Å². The molecule has 1 atom stereocenters. The molecule has 2 heterocycles. The standard InChI is InChI=1S/C17H21BrN4O/c1-10-6-7-13-12(3)20(4)17(23)22(14(13)8-10)9-15-16(18)11(2)19-21(15)5/h6-8,12H,9H2,1-5H3/t12-/m0/s1. The number of hydrogen-bond donors (Lipinski definition) is 0. The van der Waals surface area contributed by atoms with Crippen molar-refractivity contribution in [3.05, 3.63) is 45.2 Å². The minimum Gasteiger partial charge on any atom is -0.321 e. The molecule has 0 radical (unpaired) electrons. The summed E-state index contributed by atoms with van der Waals surface area (Å²) in [5.41, 5.74) is 5.24. The number of halogens is 1. The quantitative estimate of drug-likeness (QED) is 0.796. The first-order valence-corrected chi connectivity index (χ1v) is 8.43. The Hall–Kier alpha value is -1.82. The number of nitrogens with zero attached hydrogens (tertiary/aromatic N) is 4. The molecule has 23 heavy (non-hydrogen) atoms. The molecule has 2 amide bonds. The van der Waals surface area contributed by atoms with Crippen molar-refractivity contribution in [3.8, 4) is 0 Å². The largest absolute Gasteiger partial charge is 0.325 e. The fourth-order valence-electron chi connectivity index (χ4n) is 3.06. The highest BCUT2D eigenvalue weighted by molar-refractivity contribution is 9.10. The molecule has 0 saturated heterocycles. The number of benzene rings is 1. The van der Waals surface area contributed by atoms with Gasteiger partial charge in [-0.3, -0.25) is 9.58 Å². The van der Waals surface area contributed by atoms with Crippen LogP contribution in [0.3, 0.4) is 0 Å². The minimum atomic E-state index is 0.0151. The van der Waals surface area contributed by atoms with Gasteiger partial charge in [-0.05, 0) is 53.9 Å². The highest BCUT2D eigenvalue weighted by Crippen LogP contribution is 2.37. The first kappa shape index (κ1) is 16.1. The van der Waals surface area contributed by atoms with Crippen LogP contribution in [0.1, 0.15) is 35.5 Å². The molecule has 0 N–H and O–H groups in total. The zero-order chi connectivity index (χ0) is 16.9. The van der Waals surface area contributed by atoms with Crippen LogP contribution in [0.5, 0.6) is 0 Å². The van der Waals surface area contributed by atoms with E-state index in [1.165, 1.54) is 5.56 Å². The Morgan fingerprint density at radius 3 is 2.57 bits per heavy atom. The number of carbonyl (C=O) groups is 1. The molecule has 1 aliphatic heterocycles. The van der Waals surface area contributed by atoms with E-state index in [4.69, 9.17) is 0 Å². The van der Waals surface area contributed by atoms with Crippen LogP contribution < -0.4 is 4.90 Å². The lowest BCUT2D eigenvalue weighted by Gasteiger charge is -2.39. The van der Waals surface area contributed by atoms with Gasteiger partial charge in [0, 0.05) is 14.1 Å². The van der Waals surface area contributed by atoms with Crippen LogP contribution in [0.4, 0.5) is 10.5 Å². The normalized spacial score (nSPS) is 17.7. The smallest absolute Gasteiger partial charge is 0.321 e. The SMILES string of the molecule is Cc1ccc2c(c1)N(Cc1c(Br)c(C)nn1C)C(=O)N(C)[C@H]2C. The summed E-state index contributed by atoms with van der Waals surface area (Å²) in [5.74, 6) is 0. The Morgan fingerprint density at radius 2 is 1.96 bits per heavy atom. The van der Waals surface area contributed by atoms with E-state index in [9.17, 15) is 4.79 Å². The van der Waals surface area contributed by atoms with Crippen LogP contribution in [0.2, 0.25) is 0 Å². The Kier molecular flexibility index (Phi) is 3.96. The number of urea groups is 1. The van der Waals surface area contributed by atoms with Crippen LogP contribution >= 0.6 is 15.9 Å². The molecule has 5 nitrogen and oxygen atoms in total. The van der Waals surface area contributed by atoms with Crippen molar-refractivity contribution in [2.75, 3.05) is 11.9 Å². The molecule has 6 heteroatoms. The molecule has 1 aromatic heterocycles. The van der Waals surface area contributed by atoms with Gasteiger partial charge in [0.05, 0.1) is 34.1 Å². The van der Waals surface area contributed by atoms with Crippen LogP contribution in [-0.2, 0) is 13.6 Å². The maximum absolute atomic E-state index is 12.9. The van der Waals surface area contributed by atoms with Gasteiger partial charge in [-0.15, -0.1) is 0 Å². The summed E-state index contributed by atoms with van der Waals surface area (Å²) in [6, 6.07) is 6.40. The summed E-state index contributed by atoms with van der Waals surface area (Å²) in [4.78, 5) is 16.5. The second-order valence-corrected chi connectivity index (χ2v) is 6.98. The van der Waals surface area contributed by atoms with E-state index in [1.807, 2.05) is 30.6 Å². The monoisotopic (exact) mass is 376 g/mol. The predicted molar refractivity (Wildman–Crippen MR) is 94.6 cm³/mol. The van der Waals surface area contributed by atoms with Crippen molar-refractivity contribution < 1.29 is 4.79 Å². The number of fused-ring (bicyclic) bond motifs is 1. The molecule has 0 spiro atoms. The molecule has 1 aromatic carbocycles. The molecule has 0 unspecified atom stereocenters. The predicted octanol–water partition coefficient (Wildman–Crippen LogP) is 3.93. The van der Waals surface area contributed by atoms with E-state index in [0.29, 0.717) is 6.54 Å². The van der Waals surface area contributed by atoms with Gasteiger partial charge in [0.2, 0.25) is 0 Å². The third-order valence-electron chi connectivity index (χ3n) is 4.61. The summed E-state index contributed by atoms with van der Waals surface area (Å²) in [5, 5.41) is 4.43. The number of hydrogen-bond acceptors (Lipinski definition) is 2. The Labute approximate surface area is 145 Å². The summed E-state index contributed by atoms with van der Waals surface area (Å²) >= 11 is 3.59. The minimum absolute atomic E-state index is 0.0151. The summed E-state index contributed by atoms with van der Waals surface area (Å²) in [6.07, 6.45) is 0. The Bertz CT molecular complexity index is 783. The van der Waals surface area contributed by atoms with Crippen LogP contribution in [0.15, 0.2) is 22.7 Å². The van der Waals surface area contributed by atoms with Gasteiger partial charge in [-0.25, -0.2) is 4.79 Å².